The fourth-order valence-corrected chi connectivity index (χ4v) is 8.72. The number of phosphoric acid groups is 1. The fraction of sp³-hybridized carbons (Fsp3) is 0.925. The molecule has 1 N–H and O–H groups in total. The first-order valence-electron chi connectivity index (χ1n) is 27.0. The third-order valence-electron chi connectivity index (χ3n) is 12.2. The van der Waals surface area contributed by atoms with Crippen molar-refractivity contribution in [3.05, 3.63) is 12.2 Å². The molecule has 63 heavy (non-hydrogen) atoms. The van der Waals surface area contributed by atoms with Crippen LogP contribution in [0.1, 0.15) is 265 Å². The SMILES string of the molecule is CCCCCCCCCCCCC/C=C/C(OC(=O)CCCCCCCCCCCCCCC)C(COP(=O)([O-])OCC[N+](C)(C)C)NC(=O)CCCCCCCCCCCCC. The minimum absolute atomic E-state index is 0.0173. The van der Waals surface area contributed by atoms with Crippen LogP contribution in [0.5, 0.6) is 0 Å². The average Bonchev–Trinajstić information content (AvgIpc) is 3.23. The van der Waals surface area contributed by atoms with Gasteiger partial charge in [0, 0.05) is 12.8 Å². The molecule has 0 fully saturated rings. The maximum absolute atomic E-state index is 13.4. The lowest BCUT2D eigenvalue weighted by atomic mass is 10.0. The molecular weight excluding hydrogens is 808 g/mol. The van der Waals surface area contributed by atoms with Crippen LogP contribution in [0.15, 0.2) is 12.2 Å². The molecule has 3 unspecified atom stereocenters. The molecule has 0 saturated carbocycles. The first kappa shape index (κ1) is 61.8. The van der Waals surface area contributed by atoms with Gasteiger partial charge in [-0.2, -0.15) is 0 Å². The minimum atomic E-state index is -4.68. The van der Waals surface area contributed by atoms with E-state index in [9.17, 15) is 19.0 Å². The number of allylic oxidation sites excluding steroid dienone is 1. The third kappa shape index (κ3) is 45.7. The third-order valence-corrected chi connectivity index (χ3v) is 13.2. The summed E-state index contributed by atoms with van der Waals surface area (Å²) in [5.41, 5.74) is 0. The van der Waals surface area contributed by atoms with Gasteiger partial charge in [-0.05, 0) is 31.8 Å². The van der Waals surface area contributed by atoms with E-state index in [1.54, 1.807) is 0 Å². The Hall–Kier alpha value is -1.25. The van der Waals surface area contributed by atoms with Gasteiger partial charge in [-0.25, -0.2) is 0 Å². The lowest BCUT2D eigenvalue weighted by Crippen LogP contribution is -2.47. The number of rotatable bonds is 49. The molecule has 0 aliphatic rings. The van der Waals surface area contributed by atoms with Gasteiger partial charge in [-0.15, -0.1) is 0 Å². The minimum Gasteiger partial charge on any atom is -0.756 e. The Balaban J connectivity index is 5.40. The second-order valence-corrected chi connectivity index (χ2v) is 21.2. The molecule has 0 radical (unpaired) electrons. The van der Waals surface area contributed by atoms with Gasteiger partial charge < -0.3 is 28.5 Å². The Morgan fingerprint density at radius 1 is 0.540 bits per heavy atom. The molecule has 0 aromatic carbocycles. The number of hydrogen-bond donors (Lipinski definition) is 1. The lowest BCUT2D eigenvalue weighted by molar-refractivity contribution is -0.870. The summed E-state index contributed by atoms with van der Waals surface area (Å²) in [6.45, 7) is 6.85. The average molecular weight is 913 g/mol. The number of carbonyl (C=O) groups excluding carboxylic acids is 2. The number of phosphoric ester groups is 1. The summed E-state index contributed by atoms with van der Waals surface area (Å²) in [4.78, 5) is 39.7. The Labute approximate surface area is 391 Å². The van der Waals surface area contributed by atoms with Crippen LogP contribution < -0.4 is 10.2 Å². The Morgan fingerprint density at radius 2 is 0.905 bits per heavy atom. The largest absolute Gasteiger partial charge is 0.756 e. The quantitative estimate of drug-likeness (QED) is 0.0213. The van der Waals surface area contributed by atoms with E-state index < -0.39 is 20.0 Å². The summed E-state index contributed by atoms with van der Waals surface area (Å²) >= 11 is 0. The zero-order valence-electron chi connectivity index (χ0n) is 42.6. The van der Waals surface area contributed by atoms with E-state index >= 15 is 0 Å². The van der Waals surface area contributed by atoms with Gasteiger partial charge in [0.1, 0.15) is 19.3 Å². The van der Waals surface area contributed by atoms with Gasteiger partial charge in [0.25, 0.3) is 7.82 Å². The number of nitrogens with zero attached hydrogens (tertiary/aromatic N) is 1. The summed E-state index contributed by atoms with van der Waals surface area (Å²) in [7, 11) is 1.20. The van der Waals surface area contributed by atoms with Crippen molar-refractivity contribution in [1.29, 1.82) is 0 Å². The molecule has 0 aliphatic heterocycles. The number of quaternary nitrogens is 1. The van der Waals surface area contributed by atoms with Gasteiger partial charge in [-0.1, -0.05) is 232 Å². The number of amides is 1. The number of carbonyl (C=O) groups is 2. The van der Waals surface area contributed by atoms with Crippen molar-refractivity contribution in [1.82, 2.24) is 5.32 Å². The summed E-state index contributed by atoms with van der Waals surface area (Å²) < 4.78 is 30.1. The maximum Gasteiger partial charge on any atom is 0.306 e. The number of unbranched alkanes of at least 4 members (excludes halogenated alkanes) is 33. The number of nitrogens with one attached hydrogen (secondary N) is 1. The van der Waals surface area contributed by atoms with Crippen LogP contribution in [0.4, 0.5) is 0 Å². The standard InChI is InChI=1S/C53H105N2O7P/c1-7-10-13-16-19-22-25-27-30-32-35-38-41-44-51(62-53(57)46-43-40-37-34-31-28-26-23-20-17-14-11-8-2)50(49-61-63(58,59)60-48-47-55(4,5)6)54-52(56)45-42-39-36-33-29-24-21-18-15-12-9-3/h41,44,50-51H,7-40,42-43,45-49H2,1-6H3,(H-,54,56,58,59)/b44-41+. The van der Waals surface area contributed by atoms with Crippen LogP contribution in [0.2, 0.25) is 0 Å². The molecule has 1 amide bonds. The predicted molar refractivity (Wildman–Crippen MR) is 266 cm³/mol. The predicted octanol–water partition coefficient (Wildman–Crippen LogP) is 15.0. The summed E-state index contributed by atoms with van der Waals surface area (Å²) in [6.07, 6.45) is 47.4. The number of hydrogen-bond acceptors (Lipinski definition) is 7. The van der Waals surface area contributed by atoms with E-state index in [1.165, 1.54) is 173 Å². The fourth-order valence-electron chi connectivity index (χ4n) is 7.99. The highest BCUT2D eigenvalue weighted by molar-refractivity contribution is 7.45. The normalized spacial score (nSPS) is 14.0. The van der Waals surface area contributed by atoms with Crippen molar-refractivity contribution in [2.45, 2.75) is 277 Å². The molecule has 0 aromatic rings. The van der Waals surface area contributed by atoms with Crippen LogP contribution in [-0.2, 0) is 27.9 Å². The molecule has 9 nitrogen and oxygen atoms in total. The van der Waals surface area contributed by atoms with Crippen molar-refractivity contribution in [3.63, 3.8) is 0 Å². The topological polar surface area (TPSA) is 114 Å². The van der Waals surface area contributed by atoms with Crippen LogP contribution in [0, 0.1) is 0 Å². The smallest absolute Gasteiger partial charge is 0.306 e. The van der Waals surface area contributed by atoms with Crippen molar-refractivity contribution < 1.29 is 37.3 Å². The first-order chi connectivity index (χ1) is 30.4. The summed E-state index contributed by atoms with van der Waals surface area (Å²) in [5.74, 6) is -0.529. The molecule has 0 aliphatic carbocycles. The molecule has 0 bridgehead atoms. The van der Waals surface area contributed by atoms with E-state index in [4.69, 9.17) is 13.8 Å². The molecule has 3 atom stereocenters. The van der Waals surface area contributed by atoms with Gasteiger partial charge in [0.05, 0.1) is 33.8 Å². The monoisotopic (exact) mass is 913 g/mol. The number of likely N-dealkylation sites (N-methyl/N-ethyl adjacent to an activating group) is 1. The van der Waals surface area contributed by atoms with E-state index in [2.05, 4.69) is 26.1 Å². The Bertz CT molecular complexity index is 1100. The molecular formula is C53H105N2O7P. The molecule has 0 rings (SSSR count). The molecule has 0 aromatic heterocycles. The van der Waals surface area contributed by atoms with E-state index in [0.717, 1.165) is 57.8 Å². The highest BCUT2D eigenvalue weighted by Gasteiger charge is 2.27. The molecule has 0 spiro atoms. The van der Waals surface area contributed by atoms with Gasteiger partial charge >= 0.3 is 5.97 Å². The van der Waals surface area contributed by atoms with Gasteiger partial charge in [0.15, 0.2) is 0 Å². The molecule has 0 heterocycles. The van der Waals surface area contributed by atoms with Gasteiger partial charge in [0.2, 0.25) is 5.91 Å². The lowest BCUT2D eigenvalue weighted by Gasteiger charge is -2.30. The zero-order valence-corrected chi connectivity index (χ0v) is 43.4. The Morgan fingerprint density at radius 3 is 1.30 bits per heavy atom. The van der Waals surface area contributed by atoms with Crippen molar-refractivity contribution in [3.8, 4) is 0 Å². The molecule has 10 heteroatoms. The van der Waals surface area contributed by atoms with E-state index in [0.29, 0.717) is 17.4 Å². The van der Waals surface area contributed by atoms with Gasteiger partial charge in [-0.3, -0.25) is 14.2 Å². The van der Waals surface area contributed by atoms with E-state index in [1.807, 2.05) is 33.3 Å². The molecule has 374 valence electrons. The summed E-state index contributed by atoms with van der Waals surface area (Å²) in [5, 5.41) is 3.01. The zero-order chi connectivity index (χ0) is 46.5. The van der Waals surface area contributed by atoms with Crippen molar-refractivity contribution >= 4 is 19.7 Å². The van der Waals surface area contributed by atoms with Crippen LogP contribution >= 0.6 is 7.82 Å². The molecule has 0 saturated heterocycles. The number of ether oxygens (including phenoxy) is 1. The van der Waals surface area contributed by atoms with Crippen molar-refractivity contribution in [2.24, 2.45) is 0 Å². The van der Waals surface area contributed by atoms with E-state index in [-0.39, 0.29) is 31.5 Å². The second-order valence-electron chi connectivity index (χ2n) is 19.7. The highest BCUT2D eigenvalue weighted by Crippen LogP contribution is 2.38. The number of esters is 1. The van der Waals surface area contributed by atoms with Crippen LogP contribution in [0.25, 0.3) is 0 Å². The van der Waals surface area contributed by atoms with Crippen LogP contribution in [-0.4, -0.2) is 69.4 Å². The first-order valence-corrected chi connectivity index (χ1v) is 28.5. The highest BCUT2D eigenvalue weighted by atomic mass is 31.2. The Kier molecular flexibility index (Phi) is 43.7. The van der Waals surface area contributed by atoms with Crippen molar-refractivity contribution in [2.75, 3.05) is 40.9 Å². The second kappa shape index (κ2) is 44.6. The maximum atomic E-state index is 13.4. The van der Waals surface area contributed by atoms with Crippen LogP contribution in [0.3, 0.4) is 0 Å². The summed E-state index contributed by atoms with van der Waals surface area (Å²) in [6, 6.07) is -0.876.